The van der Waals surface area contributed by atoms with Gasteiger partial charge in [-0.1, -0.05) is 29.8 Å². The van der Waals surface area contributed by atoms with Crippen molar-refractivity contribution >= 4 is 52.2 Å². The molecule has 10 heteroatoms. The summed E-state index contributed by atoms with van der Waals surface area (Å²) in [4.78, 5) is 44.5. The van der Waals surface area contributed by atoms with Gasteiger partial charge in [0.2, 0.25) is 0 Å². The molecule has 9 nitrogen and oxygen atoms in total. The number of rotatable bonds is 11. The molecule has 0 bridgehead atoms. The van der Waals surface area contributed by atoms with E-state index in [4.69, 9.17) is 14.2 Å². The minimum atomic E-state index is -0.424. The van der Waals surface area contributed by atoms with Crippen molar-refractivity contribution in [2.24, 2.45) is 4.99 Å². The second kappa shape index (κ2) is 14.4. The molecule has 0 aliphatic carbocycles. The molecule has 218 valence electrons. The van der Waals surface area contributed by atoms with Gasteiger partial charge in [0.1, 0.15) is 0 Å². The maximum absolute atomic E-state index is 13.2. The fraction of sp³-hybridized carbons (Fsp3) is 0.250. The van der Waals surface area contributed by atoms with Crippen LogP contribution in [0.3, 0.4) is 0 Å². The van der Waals surface area contributed by atoms with Crippen molar-refractivity contribution in [1.29, 1.82) is 0 Å². The minimum absolute atomic E-state index is 0.172. The number of nitrogens with one attached hydrogen (secondary N) is 1. The summed E-state index contributed by atoms with van der Waals surface area (Å²) < 4.78 is 16.6. The Kier molecular flexibility index (Phi) is 10.4. The Morgan fingerprint density at radius 2 is 1.74 bits per heavy atom. The number of nitrogens with zero attached hydrogens (tertiary/aromatic N) is 2. The van der Waals surface area contributed by atoms with Crippen LogP contribution >= 0.6 is 11.8 Å². The highest BCUT2D eigenvalue weighted by Gasteiger charge is 2.32. The van der Waals surface area contributed by atoms with E-state index in [0.29, 0.717) is 51.7 Å². The van der Waals surface area contributed by atoms with E-state index < -0.39 is 5.97 Å². The topological polar surface area (TPSA) is 107 Å². The molecule has 0 radical (unpaired) electrons. The van der Waals surface area contributed by atoms with Crippen LogP contribution in [0, 0.1) is 6.92 Å². The van der Waals surface area contributed by atoms with Crippen molar-refractivity contribution in [2.75, 3.05) is 31.7 Å². The predicted octanol–water partition coefficient (Wildman–Crippen LogP) is 6.21. The van der Waals surface area contributed by atoms with E-state index >= 15 is 0 Å². The Morgan fingerprint density at radius 1 is 0.952 bits per heavy atom. The second-order valence-corrected chi connectivity index (χ2v) is 10.2. The van der Waals surface area contributed by atoms with E-state index in [9.17, 15) is 14.4 Å². The molecule has 42 heavy (non-hydrogen) atoms. The fourth-order valence-corrected chi connectivity index (χ4v) is 5.09. The largest absolute Gasteiger partial charge is 0.490 e. The number of ether oxygens (including phenoxy) is 3. The zero-order chi connectivity index (χ0) is 30.1. The molecule has 0 spiro atoms. The summed E-state index contributed by atoms with van der Waals surface area (Å²) >= 11 is 1.25. The van der Waals surface area contributed by atoms with Gasteiger partial charge in [-0.25, -0.2) is 9.79 Å². The van der Waals surface area contributed by atoms with E-state index in [2.05, 4.69) is 10.3 Å². The molecule has 1 heterocycles. The Morgan fingerprint density at radius 3 is 2.45 bits per heavy atom. The lowest BCUT2D eigenvalue weighted by Gasteiger charge is -2.13. The highest BCUT2D eigenvalue weighted by molar-refractivity contribution is 8.18. The quantitative estimate of drug-likeness (QED) is 0.210. The molecule has 0 unspecified atom stereocenters. The first-order valence-electron chi connectivity index (χ1n) is 13.6. The second-order valence-electron chi connectivity index (χ2n) is 9.17. The average Bonchev–Trinajstić information content (AvgIpc) is 3.27. The molecule has 1 aliphatic rings. The van der Waals surface area contributed by atoms with Crippen LogP contribution in [-0.4, -0.2) is 54.2 Å². The lowest BCUT2D eigenvalue weighted by atomic mass is 10.2. The number of amidine groups is 1. The lowest BCUT2D eigenvalue weighted by molar-refractivity contribution is -0.122. The number of carbonyl (C=O) groups excluding carboxylic acids is 3. The van der Waals surface area contributed by atoms with Crippen LogP contribution in [0.4, 0.5) is 11.4 Å². The summed E-state index contributed by atoms with van der Waals surface area (Å²) in [5, 5.41) is 3.32. The average molecular weight is 588 g/mol. The van der Waals surface area contributed by atoms with Crippen LogP contribution in [0.15, 0.2) is 76.6 Å². The van der Waals surface area contributed by atoms with Gasteiger partial charge in [-0.3, -0.25) is 14.5 Å². The number of esters is 1. The standard InChI is InChI=1S/C32H33N3O6S/c1-5-35-30(37)28(42-32(35)34-25-10-8-9-23(19-25)31(38)40-7-3)18-22-13-16-26(27(17-22)39-6-2)41-20-29(36)33-24-14-11-21(4)12-15-24/h8-19H,5-7,20H2,1-4H3,(H,33,36). The number of aliphatic imine (C=N–C) groups is 1. The van der Waals surface area contributed by atoms with Crippen LogP contribution in [0.2, 0.25) is 0 Å². The van der Waals surface area contributed by atoms with Crippen LogP contribution in [0.25, 0.3) is 6.08 Å². The molecule has 1 aliphatic heterocycles. The first kappa shape index (κ1) is 30.4. The number of likely N-dealkylation sites (N-methyl/N-ethyl adjacent to an activating group) is 1. The summed E-state index contributed by atoms with van der Waals surface area (Å²) in [7, 11) is 0. The number of hydrogen-bond acceptors (Lipinski definition) is 8. The Hall–Kier alpha value is -4.57. The number of thioether (sulfide) groups is 1. The third-order valence-electron chi connectivity index (χ3n) is 6.05. The molecule has 1 N–H and O–H groups in total. The molecule has 3 aromatic carbocycles. The van der Waals surface area contributed by atoms with Crippen molar-refractivity contribution in [1.82, 2.24) is 4.90 Å². The highest BCUT2D eigenvalue weighted by Crippen LogP contribution is 2.36. The van der Waals surface area contributed by atoms with Gasteiger partial charge in [-0.15, -0.1) is 0 Å². The van der Waals surface area contributed by atoms with Crippen LogP contribution in [0.1, 0.15) is 42.3 Å². The number of aryl methyl sites for hydroxylation is 1. The number of anilines is 1. The Balaban J connectivity index is 1.50. The van der Waals surface area contributed by atoms with Crippen LogP contribution < -0.4 is 14.8 Å². The van der Waals surface area contributed by atoms with Crippen LogP contribution in [0.5, 0.6) is 11.5 Å². The number of carbonyl (C=O) groups is 3. The number of benzene rings is 3. The van der Waals surface area contributed by atoms with Gasteiger partial charge >= 0.3 is 5.97 Å². The first-order valence-corrected chi connectivity index (χ1v) is 14.5. The fourth-order valence-electron chi connectivity index (χ4n) is 4.03. The van der Waals surface area contributed by atoms with Gasteiger partial charge < -0.3 is 19.5 Å². The maximum Gasteiger partial charge on any atom is 0.338 e. The molecular formula is C32H33N3O6S. The van der Waals surface area contributed by atoms with Crippen molar-refractivity contribution in [3.8, 4) is 11.5 Å². The van der Waals surface area contributed by atoms with E-state index in [1.54, 1.807) is 60.4 Å². The first-order chi connectivity index (χ1) is 20.3. The van der Waals surface area contributed by atoms with Crippen molar-refractivity contribution in [3.05, 3.63) is 88.3 Å². The molecule has 0 atom stereocenters. The summed E-state index contributed by atoms with van der Waals surface area (Å²) in [6.45, 7) is 8.37. The van der Waals surface area contributed by atoms with Gasteiger partial charge in [0.05, 0.1) is 29.4 Å². The van der Waals surface area contributed by atoms with Crippen LogP contribution in [-0.2, 0) is 14.3 Å². The van der Waals surface area contributed by atoms with Crippen molar-refractivity contribution < 1.29 is 28.6 Å². The monoisotopic (exact) mass is 587 g/mol. The minimum Gasteiger partial charge on any atom is -0.490 e. The maximum atomic E-state index is 13.2. The summed E-state index contributed by atoms with van der Waals surface area (Å²) in [5.74, 6) is -0.00883. The third kappa shape index (κ3) is 7.79. The van der Waals surface area contributed by atoms with E-state index in [1.165, 1.54) is 11.8 Å². The summed E-state index contributed by atoms with van der Waals surface area (Å²) in [6.07, 6.45) is 1.77. The number of amides is 2. The smallest absolute Gasteiger partial charge is 0.338 e. The van der Waals surface area contributed by atoms with E-state index in [0.717, 1.165) is 11.1 Å². The predicted molar refractivity (Wildman–Crippen MR) is 165 cm³/mol. The zero-order valence-electron chi connectivity index (χ0n) is 24.0. The van der Waals surface area contributed by atoms with Crippen molar-refractivity contribution in [2.45, 2.75) is 27.7 Å². The van der Waals surface area contributed by atoms with E-state index in [-0.39, 0.29) is 25.0 Å². The van der Waals surface area contributed by atoms with Gasteiger partial charge in [0, 0.05) is 12.2 Å². The molecule has 1 fully saturated rings. The SMILES string of the molecule is CCOC(=O)c1cccc(N=C2SC(=Cc3ccc(OCC(=O)Nc4ccc(C)cc4)c(OCC)c3)C(=O)N2CC)c1. The summed E-state index contributed by atoms with van der Waals surface area (Å²) in [6, 6.07) is 19.6. The Labute approximate surface area is 249 Å². The normalized spacial score (nSPS) is 14.8. The van der Waals surface area contributed by atoms with E-state index in [1.807, 2.05) is 45.0 Å². The highest BCUT2D eigenvalue weighted by atomic mass is 32.2. The number of hydrogen-bond donors (Lipinski definition) is 1. The molecule has 2 amide bonds. The Bertz CT molecular complexity index is 1520. The molecule has 3 aromatic rings. The van der Waals surface area contributed by atoms with Gasteiger partial charge in [-0.2, -0.15) is 0 Å². The van der Waals surface area contributed by atoms with Gasteiger partial charge in [0.15, 0.2) is 23.3 Å². The molecular weight excluding hydrogens is 554 g/mol. The lowest BCUT2D eigenvalue weighted by Crippen LogP contribution is -2.28. The van der Waals surface area contributed by atoms with Crippen molar-refractivity contribution in [3.63, 3.8) is 0 Å². The van der Waals surface area contributed by atoms with Gasteiger partial charge in [0.25, 0.3) is 11.8 Å². The molecule has 4 rings (SSSR count). The molecule has 0 aromatic heterocycles. The molecule has 0 saturated carbocycles. The third-order valence-corrected chi connectivity index (χ3v) is 7.05. The molecule has 1 saturated heterocycles. The zero-order valence-corrected chi connectivity index (χ0v) is 24.8. The summed E-state index contributed by atoms with van der Waals surface area (Å²) in [5.41, 5.74) is 3.46. The van der Waals surface area contributed by atoms with Gasteiger partial charge in [-0.05, 0) is 93.6 Å².